The number of nitrogens with one attached hydrogen (secondary N) is 1. The lowest BCUT2D eigenvalue weighted by Crippen LogP contribution is -2.34. The highest BCUT2D eigenvalue weighted by Gasteiger charge is 2.25. The minimum atomic E-state index is -0.473. The van der Waals surface area contributed by atoms with Crippen LogP contribution in [0.15, 0.2) is 59.5 Å². The first-order valence-corrected chi connectivity index (χ1v) is 10.3. The fraction of sp³-hybridized carbons (Fsp3) is 0.292. The Bertz CT molecular complexity index is 1290. The standard InChI is InChI=1S/C24H26N4O2/c1-4-20(23(29)25-14-13-17-10-6-5-9-16(17)2)28-21-12-8-7-11-18(21)19-15-26-27(3)24(30)22(19)28/h5-12,15,20H,4,13-14H2,1-3H3,(H,25,29). The Kier molecular flexibility index (Phi) is 5.40. The number of para-hydroxylation sites is 1. The van der Waals surface area contributed by atoms with Gasteiger partial charge in [-0.15, -0.1) is 0 Å². The van der Waals surface area contributed by atoms with E-state index in [4.69, 9.17) is 0 Å². The molecular weight excluding hydrogens is 376 g/mol. The van der Waals surface area contributed by atoms with E-state index >= 15 is 0 Å². The molecule has 0 fully saturated rings. The number of fused-ring (bicyclic) bond motifs is 3. The van der Waals surface area contributed by atoms with Gasteiger partial charge in [-0.2, -0.15) is 5.10 Å². The van der Waals surface area contributed by atoms with Gasteiger partial charge >= 0.3 is 0 Å². The van der Waals surface area contributed by atoms with E-state index < -0.39 is 6.04 Å². The second kappa shape index (κ2) is 8.14. The molecule has 0 saturated carbocycles. The lowest BCUT2D eigenvalue weighted by molar-refractivity contribution is -0.124. The maximum atomic E-state index is 13.2. The van der Waals surface area contributed by atoms with Crippen molar-refractivity contribution in [3.05, 3.63) is 76.2 Å². The molecule has 1 atom stereocenters. The van der Waals surface area contributed by atoms with Crippen LogP contribution in [0.4, 0.5) is 0 Å². The van der Waals surface area contributed by atoms with E-state index in [1.165, 1.54) is 15.8 Å². The summed E-state index contributed by atoms with van der Waals surface area (Å²) in [7, 11) is 1.63. The Labute approximate surface area is 175 Å². The normalized spacial score (nSPS) is 12.4. The van der Waals surface area contributed by atoms with E-state index in [9.17, 15) is 9.59 Å². The van der Waals surface area contributed by atoms with Crippen molar-refractivity contribution in [2.24, 2.45) is 7.05 Å². The second-order valence-corrected chi connectivity index (χ2v) is 7.61. The predicted molar refractivity (Wildman–Crippen MR) is 120 cm³/mol. The zero-order chi connectivity index (χ0) is 21.3. The number of rotatable bonds is 6. The van der Waals surface area contributed by atoms with Crippen LogP contribution in [-0.4, -0.2) is 26.8 Å². The van der Waals surface area contributed by atoms with Gasteiger partial charge in [-0.25, -0.2) is 4.68 Å². The van der Waals surface area contributed by atoms with Crippen LogP contribution in [0, 0.1) is 6.92 Å². The fourth-order valence-corrected chi connectivity index (χ4v) is 4.13. The second-order valence-electron chi connectivity index (χ2n) is 7.61. The molecule has 6 nitrogen and oxygen atoms in total. The van der Waals surface area contributed by atoms with Gasteiger partial charge in [-0.3, -0.25) is 9.59 Å². The van der Waals surface area contributed by atoms with Crippen LogP contribution in [0.3, 0.4) is 0 Å². The van der Waals surface area contributed by atoms with E-state index in [1.54, 1.807) is 13.2 Å². The van der Waals surface area contributed by atoms with Crippen molar-refractivity contribution in [2.75, 3.05) is 6.54 Å². The Morgan fingerprint density at radius 1 is 1.10 bits per heavy atom. The summed E-state index contributed by atoms with van der Waals surface area (Å²) in [6.45, 7) is 4.60. The zero-order valence-electron chi connectivity index (χ0n) is 17.6. The lowest BCUT2D eigenvalue weighted by atomic mass is 10.1. The predicted octanol–water partition coefficient (Wildman–Crippen LogP) is 3.51. The summed E-state index contributed by atoms with van der Waals surface area (Å²) in [5.41, 5.74) is 3.64. The van der Waals surface area contributed by atoms with Crippen molar-refractivity contribution in [3.8, 4) is 0 Å². The molecule has 6 heteroatoms. The van der Waals surface area contributed by atoms with Gasteiger partial charge in [0.05, 0.1) is 11.7 Å². The first-order chi connectivity index (χ1) is 14.5. The maximum absolute atomic E-state index is 13.2. The van der Waals surface area contributed by atoms with Crippen molar-refractivity contribution < 1.29 is 4.79 Å². The highest BCUT2D eigenvalue weighted by atomic mass is 16.2. The van der Waals surface area contributed by atoms with Crippen molar-refractivity contribution in [1.29, 1.82) is 0 Å². The summed E-state index contributed by atoms with van der Waals surface area (Å²) in [5.74, 6) is -0.0763. The van der Waals surface area contributed by atoms with Gasteiger partial charge in [-0.05, 0) is 37.0 Å². The number of hydrogen-bond donors (Lipinski definition) is 1. The molecule has 1 N–H and O–H groups in total. The van der Waals surface area contributed by atoms with Gasteiger partial charge in [-0.1, -0.05) is 49.4 Å². The average molecular weight is 402 g/mol. The molecule has 0 aliphatic carbocycles. The van der Waals surface area contributed by atoms with Crippen molar-refractivity contribution in [3.63, 3.8) is 0 Å². The summed E-state index contributed by atoms with van der Waals surface area (Å²) in [6.07, 6.45) is 3.06. The Hall–Kier alpha value is -3.41. The maximum Gasteiger partial charge on any atom is 0.291 e. The van der Waals surface area contributed by atoms with Crippen LogP contribution >= 0.6 is 0 Å². The van der Waals surface area contributed by atoms with Crippen LogP contribution in [0.2, 0.25) is 0 Å². The number of benzene rings is 2. The first kappa shape index (κ1) is 19.9. The quantitative estimate of drug-likeness (QED) is 0.537. The zero-order valence-corrected chi connectivity index (χ0v) is 17.6. The molecule has 2 aromatic carbocycles. The molecule has 1 unspecified atom stereocenters. The van der Waals surface area contributed by atoms with Gasteiger partial charge in [0.2, 0.25) is 5.91 Å². The summed E-state index contributed by atoms with van der Waals surface area (Å²) >= 11 is 0. The number of nitrogens with zero attached hydrogens (tertiary/aromatic N) is 3. The number of carbonyl (C=O) groups is 1. The molecule has 154 valence electrons. The van der Waals surface area contributed by atoms with Gasteiger partial charge < -0.3 is 9.88 Å². The summed E-state index contributed by atoms with van der Waals surface area (Å²) in [4.78, 5) is 26.1. The van der Waals surface area contributed by atoms with E-state index in [2.05, 4.69) is 29.5 Å². The molecule has 0 radical (unpaired) electrons. The highest BCUT2D eigenvalue weighted by Crippen LogP contribution is 2.30. The van der Waals surface area contributed by atoms with E-state index in [1.807, 2.05) is 47.9 Å². The number of hydrogen-bond acceptors (Lipinski definition) is 3. The molecule has 4 aromatic rings. The molecule has 30 heavy (non-hydrogen) atoms. The minimum absolute atomic E-state index is 0.0763. The topological polar surface area (TPSA) is 68.9 Å². The number of aromatic nitrogens is 3. The largest absolute Gasteiger partial charge is 0.354 e. The van der Waals surface area contributed by atoms with Crippen LogP contribution in [0.1, 0.15) is 30.5 Å². The van der Waals surface area contributed by atoms with Crippen LogP contribution in [0.5, 0.6) is 0 Å². The van der Waals surface area contributed by atoms with Crippen LogP contribution < -0.4 is 10.9 Å². The lowest BCUT2D eigenvalue weighted by Gasteiger charge is -2.19. The Morgan fingerprint density at radius 3 is 2.60 bits per heavy atom. The molecule has 2 heterocycles. The summed E-state index contributed by atoms with van der Waals surface area (Å²) < 4.78 is 3.21. The molecule has 0 spiro atoms. The first-order valence-electron chi connectivity index (χ1n) is 10.3. The number of carbonyl (C=O) groups excluding carboxylic acids is 1. The van der Waals surface area contributed by atoms with E-state index in [0.29, 0.717) is 18.5 Å². The molecular formula is C24H26N4O2. The summed E-state index contributed by atoms with van der Waals surface area (Å²) in [5, 5.41) is 8.97. The van der Waals surface area contributed by atoms with Crippen molar-refractivity contribution in [1.82, 2.24) is 19.7 Å². The minimum Gasteiger partial charge on any atom is -0.354 e. The van der Waals surface area contributed by atoms with Crippen LogP contribution in [-0.2, 0) is 18.3 Å². The molecule has 0 bridgehead atoms. The van der Waals surface area contributed by atoms with Crippen molar-refractivity contribution in [2.45, 2.75) is 32.7 Å². The molecule has 0 aliphatic rings. The van der Waals surface area contributed by atoms with Gasteiger partial charge in [0.15, 0.2) is 0 Å². The molecule has 2 aromatic heterocycles. The molecule has 0 saturated heterocycles. The number of aryl methyl sites for hydroxylation is 2. The molecule has 1 amide bonds. The smallest absolute Gasteiger partial charge is 0.291 e. The highest BCUT2D eigenvalue weighted by molar-refractivity contribution is 6.08. The third kappa shape index (κ3) is 3.38. The SMILES string of the molecule is CCC(C(=O)NCCc1ccccc1C)n1c2ccccc2c2cnn(C)c(=O)c21. The van der Waals surface area contributed by atoms with E-state index in [-0.39, 0.29) is 11.5 Å². The van der Waals surface area contributed by atoms with E-state index in [0.717, 1.165) is 22.7 Å². The summed E-state index contributed by atoms with van der Waals surface area (Å²) in [6, 6.07) is 15.5. The average Bonchev–Trinajstić information content (AvgIpc) is 3.08. The van der Waals surface area contributed by atoms with Gasteiger partial charge in [0.25, 0.3) is 5.56 Å². The molecule has 4 rings (SSSR count). The van der Waals surface area contributed by atoms with Crippen molar-refractivity contribution >= 4 is 27.7 Å². The number of amides is 1. The third-order valence-corrected chi connectivity index (χ3v) is 5.76. The Morgan fingerprint density at radius 2 is 1.83 bits per heavy atom. The Balaban J connectivity index is 1.70. The van der Waals surface area contributed by atoms with Gasteiger partial charge in [0, 0.05) is 24.4 Å². The monoisotopic (exact) mass is 402 g/mol. The molecule has 0 aliphatic heterocycles. The van der Waals surface area contributed by atoms with Gasteiger partial charge in [0.1, 0.15) is 11.6 Å². The fourth-order valence-electron chi connectivity index (χ4n) is 4.13. The third-order valence-electron chi connectivity index (χ3n) is 5.76. The van der Waals surface area contributed by atoms with Crippen LogP contribution in [0.25, 0.3) is 21.8 Å².